The van der Waals surface area contributed by atoms with E-state index in [9.17, 15) is 14.9 Å². The van der Waals surface area contributed by atoms with E-state index in [-0.39, 0.29) is 11.6 Å². The molecule has 4 aromatic rings. The molecule has 5 rings (SSSR count). The summed E-state index contributed by atoms with van der Waals surface area (Å²) in [5.41, 5.74) is 5.21. The average Bonchev–Trinajstić information content (AvgIpc) is 3.34. The number of aromatic nitrogens is 3. The van der Waals surface area contributed by atoms with Crippen molar-refractivity contribution in [1.29, 1.82) is 0 Å². The first-order chi connectivity index (χ1) is 15.0. The van der Waals surface area contributed by atoms with Crippen LogP contribution in [-0.4, -0.2) is 25.6 Å². The molecule has 0 unspecified atom stereocenters. The van der Waals surface area contributed by atoms with Crippen LogP contribution in [0.15, 0.2) is 54.6 Å². The SMILES string of the molecule is CC(=O)Nc1nc2c(s1)-c1c(c(-c3cccc([N+](=O)[O-])c3)nn1-c1ccccc1)CC2. The summed E-state index contributed by atoms with van der Waals surface area (Å²) in [7, 11) is 0. The van der Waals surface area contributed by atoms with Crippen molar-refractivity contribution in [2.45, 2.75) is 19.8 Å². The van der Waals surface area contributed by atoms with Crippen molar-refractivity contribution < 1.29 is 9.72 Å². The van der Waals surface area contributed by atoms with Crippen LogP contribution in [0, 0.1) is 10.1 Å². The monoisotopic (exact) mass is 431 g/mol. The second-order valence-electron chi connectivity index (χ2n) is 7.21. The molecule has 1 aliphatic rings. The predicted molar refractivity (Wildman–Crippen MR) is 118 cm³/mol. The van der Waals surface area contributed by atoms with Crippen LogP contribution in [0.4, 0.5) is 10.8 Å². The number of hydrogen-bond donors (Lipinski definition) is 1. The molecule has 2 heterocycles. The first-order valence-electron chi connectivity index (χ1n) is 9.71. The topological polar surface area (TPSA) is 103 Å². The summed E-state index contributed by atoms with van der Waals surface area (Å²) < 4.78 is 1.87. The number of aryl methyl sites for hydroxylation is 1. The van der Waals surface area contributed by atoms with Crippen LogP contribution in [0.5, 0.6) is 0 Å². The van der Waals surface area contributed by atoms with E-state index in [0.717, 1.165) is 33.2 Å². The Labute approximate surface area is 181 Å². The van der Waals surface area contributed by atoms with Gasteiger partial charge in [0.15, 0.2) is 5.13 Å². The lowest BCUT2D eigenvalue weighted by Gasteiger charge is -2.14. The number of nitro benzene ring substituents is 1. The van der Waals surface area contributed by atoms with E-state index in [1.807, 2.05) is 41.1 Å². The number of hydrogen-bond acceptors (Lipinski definition) is 6. The van der Waals surface area contributed by atoms with Gasteiger partial charge in [-0.1, -0.05) is 41.7 Å². The van der Waals surface area contributed by atoms with Gasteiger partial charge in [-0.2, -0.15) is 5.10 Å². The Hall–Kier alpha value is -3.85. The van der Waals surface area contributed by atoms with E-state index in [0.29, 0.717) is 23.5 Å². The highest BCUT2D eigenvalue weighted by Gasteiger charge is 2.30. The molecule has 0 spiro atoms. The number of nitrogens with one attached hydrogen (secondary N) is 1. The van der Waals surface area contributed by atoms with Gasteiger partial charge in [-0.05, 0) is 25.0 Å². The lowest BCUT2D eigenvalue weighted by atomic mass is 9.95. The van der Waals surface area contributed by atoms with Crippen molar-refractivity contribution >= 4 is 28.1 Å². The van der Waals surface area contributed by atoms with E-state index < -0.39 is 4.92 Å². The molecule has 1 amide bonds. The van der Waals surface area contributed by atoms with Crippen LogP contribution in [-0.2, 0) is 17.6 Å². The van der Waals surface area contributed by atoms with Crippen molar-refractivity contribution in [3.05, 3.63) is 76.0 Å². The Kier molecular flexibility index (Phi) is 4.59. The molecule has 1 aliphatic carbocycles. The number of rotatable bonds is 4. The molecular formula is C22H17N5O3S. The average molecular weight is 431 g/mol. The maximum Gasteiger partial charge on any atom is 0.270 e. The van der Waals surface area contributed by atoms with Gasteiger partial charge in [-0.15, -0.1) is 0 Å². The van der Waals surface area contributed by atoms with Gasteiger partial charge in [0, 0.05) is 30.2 Å². The van der Waals surface area contributed by atoms with Crippen LogP contribution in [0.1, 0.15) is 18.2 Å². The molecule has 2 aromatic heterocycles. The van der Waals surface area contributed by atoms with E-state index in [2.05, 4.69) is 10.3 Å². The van der Waals surface area contributed by atoms with Gasteiger partial charge in [0.2, 0.25) is 5.91 Å². The second-order valence-corrected chi connectivity index (χ2v) is 8.21. The summed E-state index contributed by atoms with van der Waals surface area (Å²) >= 11 is 1.42. The van der Waals surface area contributed by atoms with Gasteiger partial charge in [-0.3, -0.25) is 14.9 Å². The minimum Gasteiger partial charge on any atom is -0.302 e. The van der Waals surface area contributed by atoms with E-state index in [1.165, 1.54) is 24.3 Å². The third-order valence-corrected chi connectivity index (χ3v) is 6.14. The van der Waals surface area contributed by atoms with E-state index >= 15 is 0 Å². The zero-order valence-corrected chi connectivity index (χ0v) is 17.3. The van der Waals surface area contributed by atoms with Gasteiger partial charge >= 0.3 is 0 Å². The molecule has 154 valence electrons. The highest BCUT2D eigenvalue weighted by atomic mass is 32.1. The fourth-order valence-electron chi connectivity index (χ4n) is 3.83. The molecule has 0 radical (unpaired) electrons. The van der Waals surface area contributed by atoms with Crippen molar-refractivity contribution in [3.8, 4) is 27.5 Å². The Morgan fingerprint density at radius 2 is 1.97 bits per heavy atom. The Bertz CT molecular complexity index is 1330. The van der Waals surface area contributed by atoms with Crippen molar-refractivity contribution in [2.24, 2.45) is 0 Å². The molecule has 2 aromatic carbocycles. The number of thiazole rings is 1. The molecule has 0 saturated heterocycles. The van der Waals surface area contributed by atoms with Crippen molar-refractivity contribution in [1.82, 2.24) is 14.8 Å². The quantitative estimate of drug-likeness (QED) is 0.375. The molecular weight excluding hydrogens is 414 g/mol. The molecule has 0 saturated carbocycles. The fourth-order valence-corrected chi connectivity index (χ4v) is 4.94. The molecule has 8 nitrogen and oxygen atoms in total. The van der Waals surface area contributed by atoms with Crippen LogP contribution in [0.2, 0.25) is 0 Å². The van der Waals surface area contributed by atoms with Crippen molar-refractivity contribution in [2.75, 3.05) is 5.32 Å². The Morgan fingerprint density at radius 3 is 2.71 bits per heavy atom. The molecule has 0 atom stereocenters. The van der Waals surface area contributed by atoms with Crippen LogP contribution in [0.3, 0.4) is 0 Å². The van der Waals surface area contributed by atoms with Gasteiger partial charge < -0.3 is 5.32 Å². The third-order valence-electron chi connectivity index (χ3n) is 5.12. The van der Waals surface area contributed by atoms with Gasteiger partial charge in [0.1, 0.15) is 0 Å². The number of benzene rings is 2. The lowest BCUT2D eigenvalue weighted by Crippen LogP contribution is -2.06. The number of fused-ring (bicyclic) bond motifs is 3. The summed E-state index contributed by atoms with van der Waals surface area (Å²) in [6, 6.07) is 16.3. The predicted octanol–water partition coefficient (Wildman–Crippen LogP) is 4.63. The van der Waals surface area contributed by atoms with Gasteiger partial charge in [0.25, 0.3) is 5.69 Å². The summed E-state index contributed by atoms with van der Waals surface area (Å²) in [4.78, 5) is 28.0. The number of non-ortho nitro benzene ring substituents is 1. The zero-order valence-electron chi connectivity index (χ0n) is 16.5. The number of anilines is 1. The summed E-state index contributed by atoms with van der Waals surface area (Å²) in [5, 5.41) is 19.5. The summed E-state index contributed by atoms with van der Waals surface area (Å²) in [6.07, 6.45) is 1.41. The minimum absolute atomic E-state index is 0.0303. The number of carbonyl (C=O) groups excluding carboxylic acids is 1. The zero-order chi connectivity index (χ0) is 21.5. The smallest absolute Gasteiger partial charge is 0.270 e. The maximum atomic E-state index is 11.5. The highest BCUT2D eigenvalue weighted by Crippen LogP contribution is 2.44. The van der Waals surface area contributed by atoms with Crippen LogP contribution in [0.25, 0.3) is 27.5 Å². The molecule has 0 aliphatic heterocycles. The molecule has 31 heavy (non-hydrogen) atoms. The summed E-state index contributed by atoms with van der Waals surface area (Å²) in [5.74, 6) is -0.167. The lowest BCUT2D eigenvalue weighted by molar-refractivity contribution is -0.384. The number of carbonyl (C=O) groups is 1. The molecule has 0 bridgehead atoms. The Morgan fingerprint density at radius 1 is 1.16 bits per heavy atom. The molecule has 0 fully saturated rings. The van der Waals surface area contributed by atoms with Gasteiger partial charge in [-0.25, -0.2) is 9.67 Å². The Balaban J connectivity index is 1.74. The first kappa shape index (κ1) is 19.1. The van der Waals surface area contributed by atoms with Crippen LogP contribution < -0.4 is 5.32 Å². The standard InChI is InChI=1S/C22H17N5O3S/c1-13(28)23-22-24-18-11-10-17-19(14-6-5-9-16(12-14)27(29)30)25-26(20(17)21(18)31-22)15-7-3-2-4-8-15/h2-9,12H,10-11H2,1H3,(H,23,24,28). The first-order valence-corrected chi connectivity index (χ1v) is 10.5. The van der Waals surface area contributed by atoms with Gasteiger partial charge in [0.05, 0.1) is 32.6 Å². The van der Waals surface area contributed by atoms with E-state index in [1.54, 1.807) is 12.1 Å². The number of nitrogens with zero attached hydrogens (tertiary/aromatic N) is 4. The normalized spacial score (nSPS) is 12.2. The molecule has 9 heteroatoms. The maximum absolute atomic E-state index is 11.5. The second kappa shape index (κ2) is 7.44. The van der Waals surface area contributed by atoms with Crippen LogP contribution >= 0.6 is 11.3 Å². The largest absolute Gasteiger partial charge is 0.302 e. The number of amides is 1. The fraction of sp³-hybridized carbons (Fsp3) is 0.136. The highest BCUT2D eigenvalue weighted by molar-refractivity contribution is 7.19. The minimum atomic E-state index is -0.398. The number of nitro groups is 1. The van der Waals surface area contributed by atoms with Crippen molar-refractivity contribution in [3.63, 3.8) is 0 Å². The number of para-hydroxylation sites is 1. The summed E-state index contributed by atoms with van der Waals surface area (Å²) in [6.45, 7) is 1.46. The third kappa shape index (κ3) is 3.38. The molecule has 1 N–H and O–H groups in total. The van der Waals surface area contributed by atoms with E-state index in [4.69, 9.17) is 5.10 Å².